The summed E-state index contributed by atoms with van der Waals surface area (Å²) in [6, 6.07) is 5.62. The number of carbonyl (C=O) groups excluding carboxylic acids is 2. The molecule has 0 saturated heterocycles. The molecular weight excluding hydrogens is 376 g/mol. The van der Waals surface area contributed by atoms with Crippen molar-refractivity contribution in [3.8, 4) is 22.8 Å². The largest absolute Gasteiger partial charge is 0.493 e. The van der Waals surface area contributed by atoms with Crippen LogP contribution in [0.15, 0.2) is 23.6 Å². The highest BCUT2D eigenvalue weighted by Crippen LogP contribution is 2.40. The Bertz CT molecular complexity index is 878. The summed E-state index contributed by atoms with van der Waals surface area (Å²) in [6.45, 7) is 0. The summed E-state index contributed by atoms with van der Waals surface area (Å²) < 4.78 is 10.6. The van der Waals surface area contributed by atoms with Crippen molar-refractivity contribution in [1.82, 2.24) is 4.98 Å². The molecule has 0 aliphatic heterocycles. The Morgan fingerprint density at radius 1 is 1.14 bits per heavy atom. The van der Waals surface area contributed by atoms with Crippen LogP contribution in [0, 0.1) is 17.8 Å². The summed E-state index contributed by atoms with van der Waals surface area (Å²) in [5.74, 6) is 1.70. The van der Waals surface area contributed by atoms with Crippen LogP contribution < -0.4 is 14.8 Å². The zero-order valence-electron chi connectivity index (χ0n) is 16.1. The van der Waals surface area contributed by atoms with E-state index in [-0.39, 0.29) is 23.7 Å². The third kappa shape index (κ3) is 3.63. The van der Waals surface area contributed by atoms with Crippen LogP contribution in [0.5, 0.6) is 11.5 Å². The molecule has 0 unspecified atom stereocenters. The standard InChI is InChI=1S/C21H24N2O4S/c1-26-17-7-6-12(10-18(17)27-2)16-11-28-21(22-16)23-20(25)15-8-13-4-3-5-14(9-15)19(13)24/h6-7,10-11,13-15H,3-5,8-9H2,1-2H3,(H,22,23,25)/t13-,14-/m0/s1. The lowest BCUT2D eigenvalue weighted by molar-refractivity contribution is -0.136. The summed E-state index contributed by atoms with van der Waals surface area (Å²) in [7, 11) is 3.19. The zero-order chi connectivity index (χ0) is 19.7. The van der Waals surface area contributed by atoms with E-state index in [1.807, 2.05) is 23.6 Å². The van der Waals surface area contributed by atoms with Crippen molar-refractivity contribution in [3.63, 3.8) is 0 Å². The van der Waals surface area contributed by atoms with Crippen LogP contribution in [0.3, 0.4) is 0 Å². The number of methoxy groups -OCH3 is 2. The molecule has 2 saturated carbocycles. The fourth-order valence-corrected chi connectivity index (χ4v) is 5.08. The molecule has 7 heteroatoms. The Morgan fingerprint density at radius 2 is 1.86 bits per heavy atom. The molecular formula is C21H24N2O4S. The molecule has 0 radical (unpaired) electrons. The fraction of sp³-hybridized carbons (Fsp3) is 0.476. The number of amides is 1. The minimum absolute atomic E-state index is 0.0161. The van der Waals surface area contributed by atoms with E-state index >= 15 is 0 Å². The lowest BCUT2D eigenvalue weighted by Gasteiger charge is -2.36. The van der Waals surface area contributed by atoms with Crippen molar-refractivity contribution in [1.29, 1.82) is 0 Å². The number of nitrogens with one attached hydrogen (secondary N) is 1. The summed E-state index contributed by atoms with van der Waals surface area (Å²) in [6.07, 6.45) is 4.32. The highest BCUT2D eigenvalue weighted by Gasteiger charge is 2.41. The SMILES string of the molecule is COc1ccc(-c2csc(NC(=O)C3C[C@@H]4CCC[C@@H](C3)C4=O)n2)cc1OC. The van der Waals surface area contributed by atoms with Gasteiger partial charge in [-0.2, -0.15) is 0 Å². The van der Waals surface area contributed by atoms with E-state index in [1.54, 1.807) is 14.2 Å². The van der Waals surface area contributed by atoms with Gasteiger partial charge < -0.3 is 14.8 Å². The van der Waals surface area contributed by atoms with Gasteiger partial charge in [0.2, 0.25) is 5.91 Å². The first kappa shape index (κ1) is 18.9. The molecule has 28 heavy (non-hydrogen) atoms. The number of carbonyl (C=O) groups is 2. The Kier molecular flexibility index (Phi) is 5.35. The Balaban J connectivity index is 1.45. The van der Waals surface area contributed by atoms with Gasteiger partial charge in [0.25, 0.3) is 0 Å². The van der Waals surface area contributed by atoms with E-state index in [2.05, 4.69) is 10.3 Å². The number of nitrogens with zero attached hydrogens (tertiary/aromatic N) is 1. The van der Waals surface area contributed by atoms with Crippen LogP contribution in [0.2, 0.25) is 0 Å². The number of rotatable bonds is 5. The number of benzene rings is 1. The topological polar surface area (TPSA) is 77.5 Å². The Morgan fingerprint density at radius 3 is 2.54 bits per heavy atom. The predicted octanol–water partition coefficient (Wildman–Crippen LogP) is 4.16. The first-order valence-corrected chi connectivity index (χ1v) is 10.5. The molecule has 2 bridgehead atoms. The predicted molar refractivity (Wildman–Crippen MR) is 108 cm³/mol. The van der Waals surface area contributed by atoms with Gasteiger partial charge >= 0.3 is 0 Å². The zero-order valence-corrected chi connectivity index (χ0v) is 16.9. The van der Waals surface area contributed by atoms with Gasteiger partial charge in [0.05, 0.1) is 19.9 Å². The van der Waals surface area contributed by atoms with E-state index in [0.29, 0.717) is 35.3 Å². The molecule has 1 amide bonds. The second kappa shape index (κ2) is 7.91. The highest BCUT2D eigenvalue weighted by atomic mass is 32.1. The quantitative estimate of drug-likeness (QED) is 0.815. The van der Waals surface area contributed by atoms with E-state index in [9.17, 15) is 9.59 Å². The van der Waals surface area contributed by atoms with E-state index < -0.39 is 0 Å². The molecule has 2 aliphatic rings. The number of aromatic nitrogens is 1. The van der Waals surface area contributed by atoms with Crippen molar-refractivity contribution in [3.05, 3.63) is 23.6 Å². The van der Waals surface area contributed by atoms with Crippen LogP contribution in [0.1, 0.15) is 32.1 Å². The number of Topliss-reactive ketones (excluding diaryl/α,β-unsaturated/α-hetero) is 1. The molecule has 1 N–H and O–H groups in total. The average molecular weight is 401 g/mol. The maximum atomic E-state index is 12.7. The van der Waals surface area contributed by atoms with Gasteiger partial charge in [-0.1, -0.05) is 6.42 Å². The molecule has 2 fully saturated rings. The lowest BCUT2D eigenvalue weighted by Crippen LogP contribution is -2.40. The second-order valence-corrected chi connectivity index (χ2v) is 8.35. The van der Waals surface area contributed by atoms with E-state index in [1.165, 1.54) is 11.3 Å². The lowest BCUT2D eigenvalue weighted by atomic mass is 9.67. The number of hydrogen-bond donors (Lipinski definition) is 1. The molecule has 1 heterocycles. The number of ketones is 1. The van der Waals surface area contributed by atoms with Crippen molar-refractivity contribution in [2.24, 2.45) is 17.8 Å². The van der Waals surface area contributed by atoms with Gasteiger partial charge in [-0.25, -0.2) is 4.98 Å². The first-order valence-electron chi connectivity index (χ1n) is 9.61. The maximum absolute atomic E-state index is 12.7. The Labute approximate surface area is 168 Å². The number of thiazole rings is 1. The molecule has 1 aromatic carbocycles. The molecule has 0 spiro atoms. The van der Waals surface area contributed by atoms with Gasteiger partial charge in [0.1, 0.15) is 5.78 Å². The van der Waals surface area contributed by atoms with Gasteiger partial charge in [-0.05, 0) is 43.9 Å². The smallest absolute Gasteiger partial charge is 0.229 e. The average Bonchev–Trinajstić information content (AvgIpc) is 3.15. The van der Waals surface area contributed by atoms with E-state index in [4.69, 9.17) is 9.47 Å². The van der Waals surface area contributed by atoms with Crippen molar-refractivity contribution in [2.75, 3.05) is 19.5 Å². The van der Waals surface area contributed by atoms with Crippen molar-refractivity contribution in [2.45, 2.75) is 32.1 Å². The molecule has 6 nitrogen and oxygen atoms in total. The van der Waals surface area contributed by atoms with Crippen LogP contribution in [-0.2, 0) is 9.59 Å². The third-order valence-electron chi connectivity index (χ3n) is 5.83. The monoisotopic (exact) mass is 400 g/mol. The molecule has 2 atom stereocenters. The van der Waals surface area contributed by atoms with Crippen LogP contribution >= 0.6 is 11.3 Å². The normalized spacial score (nSPS) is 23.9. The number of hydrogen-bond acceptors (Lipinski definition) is 6. The third-order valence-corrected chi connectivity index (χ3v) is 6.59. The summed E-state index contributed by atoms with van der Waals surface area (Å²) >= 11 is 1.40. The molecule has 2 aliphatic carbocycles. The molecule has 4 rings (SSSR count). The van der Waals surface area contributed by atoms with Gasteiger partial charge in [0, 0.05) is 28.7 Å². The fourth-order valence-electron chi connectivity index (χ4n) is 4.36. The number of ether oxygens (including phenoxy) is 2. The molecule has 148 valence electrons. The molecule has 2 aromatic rings. The van der Waals surface area contributed by atoms with Crippen LogP contribution in [0.4, 0.5) is 5.13 Å². The van der Waals surface area contributed by atoms with Gasteiger partial charge in [-0.3, -0.25) is 9.59 Å². The highest BCUT2D eigenvalue weighted by molar-refractivity contribution is 7.14. The minimum Gasteiger partial charge on any atom is -0.493 e. The number of anilines is 1. The second-order valence-electron chi connectivity index (χ2n) is 7.49. The van der Waals surface area contributed by atoms with Gasteiger partial charge in [0.15, 0.2) is 16.6 Å². The van der Waals surface area contributed by atoms with Crippen LogP contribution in [0.25, 0.3) is 11.3 Å². The van der Waals surface area contributed by atoms with E-state index in [0.717, 1.165) is 30.5 Å². The van der Waals surface area contributed by atoms with Crippen LogP contribution in [-0.4, -0.2) is 30.9 Å². The van der Waals surface area contributed by atoms with Gasteiger partial charge in [-0.15, -0.1) is 11.3 Å². The summed E-state index contributed by atoms with van der Waals surface area (Å²) in [4.78, 5) is 29.5. The summed E-state index contributed by atoms with van der Waals surface area (Å²) in [5.41, 5.74) is 1.67. The minimum atomic E-state index is -0.0959. The van der Waals surface area contributed by atoms with Crippen molar-refractivity contribution >= 4 is 28.2 Å². The molecule has 1 aromatic heterocycles. The number of fused-ring (bicyclic) bond motifs is 2. The maximum Gasteiger partial charge on any atom is 0.229 e. The summed E-state index contributed by atoms with van der Waals surface area (Å²) in [5, 5.41) is 5.45. The first-order chi connectivity index (χ1) is 13.6. The van der Waals surface area contributed by atoms with Crippen molar-refractivity contribution < 1.29 is 19.1 Å². The Hall–Kier alpha value is -2.41.